The van der Waals surface area contributed by atoms with Crippen LogP contribution in [-0.4, -0.2) is 35.5 Å². The van der Waals surface area contributed by atoms with Crippen LogP contribution in [0.1, 0.15) is 85.0 Å². The number of hydrogen-bond donors (Lipinski definition) is 2. The van der Waals surface area contributed by atoms with Crippen LogP contribution in [0.25, 0.3) is 0 Å². The first-order valence-corrected chi connectivity index (χ1v) is 12.1. The summed E-state index contributed by atoms with van der Waals surface area (Å²) in [5, 5.41) is 21.5. The summed E-state index contributed by atoms with van der Waals surface area (Å²) in [4.78, 5) is 11.6. The summed E-state index contributed by atoms with van der Waals surface area (Å²) in [7, 11) is 1.48. The van der Waals surface area contributed by atoms with Crippen LogP contribution >= 0.6 is 0 Å². The van der Waals surface area contributed by atoms with E-state index in [2.05, 4.69) is 20.8 Å². The lowest BCUT2D eigenvalue weighted by Gasteiger charge is -2.62. The minimum absolute atomic E-state index is 0.0959. The van der Waals surface area contributed by atoms with E-state index in [1.54, 1.807) is 0 Å². The number of aliphatic hydroxyl groups is 2. The van der Waals surface area contributed by atoms with Crippen LogP contribution in [0.4, 0.5) is 0 Å². The molecule has 4 aliphatic rings. The quantitative estimate of drug-likeness (QED) is 0.671. The fraction of sp³-hybridized carbons (Fsp3) is 0.960. The second-order valence-corrected chi connectivity index (χ2v) is 11.5. The molecule has 4 heteroatoms. The average Bonchev–Trinajstić information content (AvgIpc) is 3.04. The molecule has 4 fully saturated rings. The van der Waals surface area contributed by atoms with Gasteiger partial charge < -0.3 is 14.9 Å². The van der Waals surface area contributed by atoms with Gasteiger partial charge in [0.25, 0.3) is 0 Å². The molecule has 0 aromatic carbocycles. The zero-order valence-corrected chi connectivity index (χ0v) is 18.9. The van der Waals surface area contributed by atoms with Crippen molar-refractivity contribution in [2.45, 2.75) is 97.2 Å². The number of carbonyl (C=O) groups is 1. The molecule has 0 aliphatic heterocycles. The Kier molecular flexibility index (Phi) is 5.83. The van der Waals surface area contributed by atoms with Gasteiger partial charge in [0, 0.05) is 6.42 Å². The van der Waals surface area contributed by atoms with Gasteiger partial charge in [0.1, 0.15) is 0 Å². The Hall–Kier alpha value is -0.610. The van der Waals surface area contributed by atoms with Gasteiger partial charge in [-0.1, -0.05) is 20.8 Å². The maximum Gasteiger partial charge on any atom is 0.305 e. The van der Waals surface area contributed by atoms with Crippen LogP contribution in [0.3, 0.4) is 0 Å². The highest BCUT2D eigenvalue weighted by Crippen LogP contribution is 2.68. The summed E-state index contributed by atoms with van der Waals surface area (Å²) in [6.07, 6.45) is 9.80. The lowest BCUT2D eigenvalue weighted by atomic mass is 9.43. The number of carbonyl (C=O) groups excluding carboxylic acids is 1. The first kappa shape index (κ1) is 21.6. The van der Waals surface area contributed by atoms with E-state index in [-0.39, 0.29) is 23.6 Å². The van der Waals surface area contributed by atoms with Crippen molar-refractivity contribution in [3.63, 3.8) is 0 Å². The van der Waals surface area contributed by atoms with Gasteiger partial charge in [-0.15, -0.1) is 0 Å². The van der Waals surface area contributed by atoms with Crippen molar-refractivity contribution < 1.29 is 19.7 Å². The molecule has 0 amide bonds. The van der Waals surface area contributed by atoms with E-state index in [0.717, 1.165) is 32.1 Å². The topological polar surface area (TPSA) is 66.8 Å². The van der Waals surface area contributed by atoms with Gasteiger partial charge in [0.15, 0.2) is 0 Å². The molecule has 2 N–H and O–H groups in total. The molecule has 0 spiro atoms. The van der Waals surface area contributed by atoms with Gasteiger partial charge in [-0.05, 0) is 104 Å². The van der Waals surface area contributed by atoms with Gasteiger partial charge in [0.2, 0.25) is 0 Å². The largest absolute Gasteiger partial charge is 0.469 e. The van der Waals surface area contributed by atoms with E-state index in [1.807, 2.05) is 0 Å². The lowest BCUT2D eigenvalue weighted by molar-refractivity contribution is -0.174. The first-order chi connectivity index (χ1) is 13.7. The van der Waals surface area contributed by atoms with Crippen LogP contribution in [0.15, 0.2) is 0 Å². The Morgan fingerprint density at radius 3 is 2.45 bits per heavy atom. The summed E-state index contributed by atoms with van der Waals surface area (Å²) >= 11 is 0. The Balaban J connectivity index is 1.53. The molecule has 166 valence electrons. The molecule has 4 aliphatic carbocycles. The smallest absolute Gasteiger partial charge is 0.305 e. The fourth-order valence-electron chi connectivity index (χ4n) is 8.82. The Labute approximate surface area is 176 Å². The summed E-state index contributed by atoms with van der Waals surface area (Å²) in [6, 6.07) is 0. The number of methoxy groups -OCH3 is 1. The van der Waals surface area contributed by atoms with Crippen molar-refractivity contribution in [1.29, 1.82) is 0 Å². The minimum Gasteiger partial charge on any atom is -0.469 e. The third-order valence-corrected chi connectivity index (χ3v) is 10.4. The van der Waals surface area contributed by atoms with Crippen molar-refractivity contribution >= 4 is 5.97 Å². The van der Waals surface area contributed by atoms with Crippen LogP contribution in [0.2, 0.25) is 0 Å². The normalized spacial score (nSPS) is 50.2. The van der Waals surface area contributed by atoms with Gasteiger partial charge >= 0.3 is 5.97 Å². The van der Waals surface area contributed by atoms with Gasteiger partial charge in [0.05, 0.1) is 19.3 Å². The SMILES string of the molecule is COC(=O)CC[C@H](C)[C@H]1CC[C@H]2[C@@H]3[C@@H](O)C[C@H]4C[C@@H](O)CC[C@]4(C)[C@H]3CC[C@]12C. The number of aliphatic hydroxyl groups excluding tert-OH is 2. The summed E-state index contributed by atoms with van der Waals surface area (Å²) < 4.78 is 4.86. The summed E-state index contributed by atoms with van der Waals surface area (Å²) in [5.41, 5.74) is 0.577. The molecule has 4 rings (SSSR count). The zero-order valence-electron chi connectivity index (χ0n) is 18.9. The maximum atomic E-state index is 11.6. The second-order valence-electron chi connectivity index (χ2n) is 11.5. The standard InChI is InChI=1S/C25H42O4/c1-15(5-8-22(28)29-4)18-6-7-19-23-20(10-12-25(18,19)3)24(2)11-9-17(26)13-16(24)14-21(23)27/h15-21,23,26-27H,5-14H2,1-4H3/t15-,16+,17-,18+,19-,20-,21-,23-,24-,25+/m0/s1. The number of esters is 1. The van der Waals surface area contributed by atoms with Crippen molar-refractivity contribution in [2.24, 2.45) is 46.3 Å². The highest BCUT2D eigenvalue weighted by atomic mass is 16.5. The Morgan fingerprint density at radius 2 is 1.72 bits per heavy atom. The molecule has 0 unspecified atom stereocenters. The van der Waals surface area contributed by atoms with Crippen molar-refractivity contribution in [2.75, 3.05) is 7.11 Å². The third-order valence-electron chi connectivity index (χ3n) is 10.4. The Morgan fingerprint density at radius 1 is 1.03 bits per heavy atom. The second kappa shape index (κ2) is 7.82. The molecule has 29 heavy (non-hydrogen) atoms. The molecule has 0 heterocycles. The maximum absolute atomic E-state index is 11.6. The average molecular weight is 407 g/mol. The molecule has 0 aromatic rings. The minimum atomic E-state index is -0.211. The van der Waals surface area contributed by atoms with E-state index >= 15 is 0 Å². The molecule has 0 aromatic heterocycles. The van der Waals surface area contributed by atoms with Crippen molar-refractivity contribution in [1.82, 2.24) is 0 Å². The zero-order chi connectivity index (χ0) is 21.0. The van der Waals surface area contributed by atoms with Crippen molar-refractivity contribution in [3.8, 4) is 0 Å². The van der Waals surface area contributed by atoms with E-state index in [0.29, 0.717) is 47.3 Å². The van der Waals surface area contributed by atoms with E-state index in [1.165, 1.54) is 32.8 Å². The molecular formula is C25H42O4. The highest BCUT2D eigenvalue weighted by molar-refractivity contribution is 5.69. The molecule has 4 saturated carbocycles. The third kappa shape index (κ3) is 3.46. The van der Waals surface area contributed by atoms with E-state index in [4.69, 9.17) is 4.74 Å². The molecule has 0 radical (unpaired) electrons. The number of ether oxygens (including phenoxy) is 1. The monoisotopic (exact) mass is 406 g/mol. The predicted molar refractivity (Wildman–Crippen MR) is 113 cm³/mol. The molecular weight excluding hydrogens is 364 g/mol. The van der Waals surface area contributed by atoms with Crippen LogP contribution in [0.5, 0.6) is 0 Å². The van der Waals surface area contributed by atoms with Crippen molar-refractivity contribution in [3.05, 3.63) is 0 Å². The lowest BCUT2D eigenvalue weighted by Crippen LogP contribution is -2.58. The van der Waals surface area contributed by atoms with Crippen LogP contribution in [-0.2, 0) is 9.53 Å². The molecule has 0 bridgehead atoms. The number of fused-ring (bicyclic) bond motifs is 5. The van der Waals surface area contributed by atoms with E-state index < -0.39 is 0 Å². The first-order valence-electron chi connectivity index (χ1n) is 12.1. The number of hydrogen-bond acceptors (Lipinski definition) is 4. The summed E-state index contributed by atoms with van der Waals surface area (Å²) in [6.45, 7) is 7.29. The summed E-state index contributed by atoms with van der Waals surface area (Å²) in [5.74, 6) is 3.17. The Bertz CT molecular complexity index is 620. The predicted octanol–water partition coefficient (Wildman–Crippen LogP) is 4.57. The molecule has 10 atom stereocenters. The van der Waals surface area contributed by atoms with Crippen LogP contribution in [0, 0.1) is 46.3 Å². The van der Waals surface area contributed by atoms with E-state index in [9.17, 15) is 15.0 Å². The molecule has 0 saturated heterocycles. The molecule has 4 nitrogen and oxygen atoms in total. The fourth-order valence-corrected chi connectivity index (χ4v) is 8.82. The number of rotatable bonds is 4. The van der Waals surface area contributed by atoms with Gasteiger partial charge in [-0.25, -0.2) is 0 Å². The van der Waals surface area contributed by atoms with Gasteiger partial charge in [-0.2, -0.15) is 0 Å². The highest BCUT2D eigenvalue weighted by Gasteiger charge is 2.62. The van der Waals surface area contributed by atoms with Gasteiger partial charge in [-0.3, -0.25) is 4.79 Å². The van der Waals surface area contributed by atoms with Crippen LogP contribution < -0.4 is 0 Å².